The number of aromatic hydroxyl groups is 1. The van der Waals surface area contributed by atoms with Crippen LogP contribution in [0.4, 0.5) is 0 Å². The molecule has 4 rings (SSSR count). The number of phenolic OH excluding ortho intramolecular Hbond substituents is 1. The van der Waals surface area contributed by atoms with E-state index in [1.165, 1.54) is 4.88 Å². The first-order valence-electron chi connectivity index (χ1n) is 9.20. The molecule has 0 spiro atoms. The van der Waals surface area contributed by atoms with Crippen molar-refractivity contribution in [3.05, 3.63) is 39.6 Å². The average Bonchev–Trinajstić information content (AvgIpc) is 3.28. The zero-order valence-electron chi connectivity index (χ0n) is 15.6. The third kappa shape index (κ3) is 3.54. The monoisotopic (exact) mass is 388 g/mol. The van der Waals surface area contributed by atoms with Gasteiger partial charge in [0.25, 0.3) is 0 Å². The normalized spacial score (nSPS) is 20.5. The Kier molecular flexibility index (Phi) is 5.08. The number of nitrogens with zero attached hydrogens (tertiary/aromatic N) is 2. The smallest absolute Gasteiger partial charge is 0.333 e. The number of carbonyl (C=O) groups is 1. The second-order valence-corrected chi connectivity index (χ2v) is 8.13. The minimum Gasteiger partial charge on any atom is -0.504 e. The van der Waals surface area contributed by atoms with Crippen LogP contribution in [0, 0.1) is 6.92 Å². The fourth-order valence-corrected chi connectivity index (χ4v) is 4.42. The van der Waals surface area contributed by atoms with Gasteiger partial charge in [-0.1, -0.05) is 6.07 Å². The Morgan fingerprint density at radius 2 is 2.11 bits per heavy atom. The summed E-state index contributed by atoms with van der Waals surface area (Å²) in [5, 5.41) is 12.5. The van der Waals surface area contributed by atoms with Crippen LogP contribution < -0.4 is 9.47 Å². The number of rotatable bonds is 5. The Morgan fingerprint density at radius 3 is 2.81 bits per heavy atom. The quantitative estimate of drug-likeness (QED) is 0.628. The Labute approximate surface area is 162 Å². The number of esters is 1. The van der Waals surface area contributed by atoms with E-state index in [-0.39, 0.29) is 17.5 Å². The van der Waals surface area contributed by atoms with E-state index < -0.39 is 6.04 Å². The number of carbonyl (C=O) groups excluding carboxylic acids is 1. The molecule has 0 saturated carbocycles. The van der Waals surface area contributed by atoms with Gasteiger partial charge in [-0.15, -0.1) is 11.3 Å². The lowest BCUT2D eigenvalue weighted by atomic mass is 9.98. The van der Waals surface area contributed by atoms with E-state index in [1.807, 2.05) is 18.4 Å². The summed E-state index contributed by atoms with van der Waals surface area (Å²) < 4.78 is 11.4. The van der Waals surface area contributed by atoms with Crippen LogP contribution in [-0.2, 0) is 11.2 Å². The van der Waals surface area contributed by atoms with E-state index in [2.05, 4.69) is 22.9 Å². The van der Waals surface area contributed by atoms with Gasteiger partial charge in [0, 0.05) is 54.7 Å². The van der Waals surface area contributed by atoms with Crippen LogP contribution in [0.5, 0.6) is 17.2 Å². The Morgan fingerprint density at radius 1 is 1.33 bits per heavy atom. The number of hydrogen-bond acceptors (Lipinski definition) is 7. The predicted molar refractivity (Wildman–Crippen MR) is 104 cm³/mol. The van der Waals surface area contributed by atoms with Crippen LogP contribution >= 0.6 is 11.3 Å². The lowest BCUT2D eigenvalue weighted by Crippen LogP contribution is -2.47. The van der Waals surface area contributed by atoms with Gasteiger partial charge in [-0.2, -0.15) is 0 Å². The lowest BCUT2D eigenvalue weighted by molar-refractivity contribution is -0.138. The summed E-state index contributed by atoms with van der Waals surface area (Å²) in [7, 11) is 2.08. The number of piperazine rings is 1. The number of benzene rings is 1. The maximum Gasteiger partial charge on any atom is 0.333 e. The van der Waals surface area contributed by atoms with E-state index in [4.69, 9.17) is 9.47 Å². The van der Waals surface area contributed by atoms with Crippen molar-refractivity contribution in [1.82, 2.24) is 9.80 Å². The zero-order valence-corrected chi connectivity index (χ0v) is 16.4. The number of phenols is 1. The Bertz CT molecular complexity index is 829. The molecule has 1 unspecified atom stereocenters. The molecule has 7 heteroatoms. The second-order valence-electron chi connectivity index (χ2n) is 7.10. The van der Waals surface area contributed by atoms with E-state index in [0.29, 0.717) is 12.4 Å². The molecule has 1 aromatic heterocycles. The SMILES string of the molecule is Cc1c(OCCc2cccs2)cc(O)c2c1C(N1CCN(C)CC1)C(=O)O2. The van der Waals surface area contributed by atoms with E-state index >= 15 is 0 Å². The van der Waals surface area contributed by atoms with Gasteiger partial charge in [0.2, 0.25) is 0 Å². The van der Waals surface area contributed by atoms with Crippen LogP contribution in [0.2, 0.25) is 0 Å². The van der Waals surface area contributed by atoms with Gasteiger partial charge >= 0.3 is 5.97 Å². The molecule has 0 bridgehead atoms. The highest BCUT2D eigenvalue weighted by Crippen LogP contribution is 2.48. The first kappa shape index (κ1) is 18.3. The molecule has 144 valence electrons. The molecule has 6 nitrogen and oxygen atoms in total. The zero-order chi connectivity index (χ0) is 19.0. The fourth-order valence-electron chi connectivity index (χ4n) is 3.73. The van der Waals surface area contributed by atoms with Crippen molar-refractivity contribution < 1.29 is 19.4 Å². The summed E-state index contributed by atoms with van der Waals surface area (Å²) in [5.74, 6) is 0.544. The molecule has 2 aromatic rings. The standard InChI is InChI=1S/C20H24N2O4S/c1-13-16(25-10-5-14-4-3-11-27-14)12-15(23)19-17(13)18(20(24)26-19)22-8-6-21(2)7-9-22/h3-4,11-12,18,23H,5-10H2,1-2H3. The fraction of sp³-hybridized carbons (Fsp3) is 0.450. The molecule has 2 aliphatic heterocycles. The number of hydrogen-bond donors (Lipinski definition) is 1. The highest BCUT2D eigenvalue weighted by atomic mass is 32.1. The van der Waals surface area contributed by atoms with Crippen LogP contribution in [0.15, 0.2) is 23.6 Å². The highest BCUT2D eigenvalue weighted by Gasteiger charge is 2.42. The van der Waals surface area contributed by atoms with Crippen molar-refractivity contribution in [2.24, 2.45) is 0 Å². The third-order valence-corrected chi connectivity index (χ3v) is 6.24. The minimum absolute atomic E-state index is 0.0355. The van der Waals surface area contributed by atoms with Crippen molar-refractivity contribution >= 4 is 17.3 Å². The van der Waals surface area contributed by atoms with Crippen molar-refractivity contribution in [2.45, 2.75) is 19.4 Å². The van der Waals surface area contributed by atoms with E-state index in [0.717, 1.165) is 43.7 Å². The maximum atomic E-state index is 12.6. The number of fused-ring (bicyclic) bond motifs is 1. The molecule has 1 N–H and O–H groups in total. The number of likely N-dealkylation sites (N-methyl/N-ethyl adjacent to an activating group) is 1. The van der Waals surface area contributed by atoms with Gasteiger partial charge in [-0.05, 0) is 25.4 Å². The molecular formula is C20H24N2O4S. The summed E-state index contributed by atoms with van der Waals surface area (Å²) >= 11 is 1.70. The summed E-state index contributed by atoms with van der Waals surface area (Å²) in [6, 6.07) is 5.19. The van der Waals surface area contributed by atoms with Crippen molar-refractivity contribution in [3.8, 4) is 17.2 Å². The summed E-state index contributed by atoms with van der Waals surface area (Å²) in [6.07, 6.45) is 0.812. The van der Waals surface area contributed by atoms with Gasteiger partial charge in [-0.3, -0.25) is 4.90 Å². The van der Waals surface area contributed by atoms with Crippen LogP contribution in [0.25, 0.3) is 0 Å². The third-order valence-electron chi connectivity index (χ3n) is 5.31. The van der Waals surface area contributed by atoms with Gasteiger partial charge < -0.3 is 19.5 Å². The van der Waals surface area contributed by atoms with Crippen molar-refractivity contribution in [2.75, 3.05) is 39.8 Å². The molecule has 3 heterocycles. The molecular weight excluding hydrogens is 364 g/mol. The van der Waals surface area contributed by atoms with E-state index in [9.17, 15) is 9.90 Å². The van der Waals surface area contributed by atoms with Crippen LogP contribution in [0.3, 0.4) is 0 Å². The Balaban J connectivity index is 1.57. The predicted octanol–water partition coefficient (Wildman–Crippen LogP) is 2.59. The molecule has 0 radical (unpaired) electrons. The van der Waals surface area contributed by atoms with Gasteiger partial charge in [0.1, 0.15) is 11.8 Å². The molecule has 0 aliphatic carbocycles. The lowest BCUT2D eigenvalue weighted by Gasteiger charge is -2.35. The first-order chi connectivity index (χ1) is 13.0. The largest absolute Gasteiger partial charge is 0.504 e. The molecule has 1 saturated heterocycles. The van der Waals surface area contributed by atoms with Gasteiger partial charge in [-0.25, -0.2) is 4.79 Å². The van der Waals surface area contributed by atoms with Gasteiger partial charge in [0.05, 0.1) is 6.61 Å². The van der Waals surface area contributed by atoms with Crippen LogP contribution in [-0.4, -0.2) is 60.7 Å². The molecule has 0 amide bonds. The number of ether oxygens (including phenoxy) is 2. The Hall–Kier alpha value is -2.09. The number of thiophene rings is 1. The minimum atomic E-state index is -0.472. The first-order valence-corrected chi connectivity index (χ1v) is 10.1. The highest BCUT2D eigenvalue weighted by molar-refractivity contribution is 7.09. The van der Waals surface area contributed by atoms with Crippen molar-refractivity contribution in [3.63, 3.8) is 0 Å². The second kappa shape index (κ2) is 7.50. The molecule has 1 fully saturated rings. The maximum absolute atomic E-state index is 12.6. The molecule has 27 heavy (non-hydrogen) atoms. The topological polar surface area (TPSA) is 62.2 Å². The van der Waals surface area contributed by atoms with Crippen molar-refractivity contribution in [1.29, 1.82) is 0 Å². The van der Waals surface area contributed by atoms with E-state index in [1.54, 1.807) is 17.4 Å². The van der Waals surface area contributed by atoms with Crippen LogP contribution in [0.1, 0.15) is 22.0 Å². The summed E-state index contributed by atoms with van der Waals surface area (Å²) in [6.45, 7) is 5.85. The molecule has 1 aromatic carbocycles. The summed E-state index contributed by atoms with van der Waals surface area (Å²) in [4.78, 5) is 18.2. The average molecular weight is 388 g/mol. The summed E-state index contributed by atoms with van der Waals surface area (Å²) in [5.41, 5.74) is 1.61. The van der Waals surface area contributed by atoms with Gasteiger partial charge in [0.15, 0.2) is 11.5 Å². The molecule has 2 aliphatic rings. The molecule has 1 atom stereocenters.